The van der Waals surface area contributed by atoms with Gasteiger partial charge in [-0.3, -0.25) is 9.69 Å². The topological polar surface area (TPSA) is 54.6 Å². The van der Waals surface area contributed by atoms with E-state index >= 15 is 0 Å². The van der Waals surface area contributed by atoms with E-state index in [4.69, 9.17) is 9.47 Å². The van der Waals surface area contributed by atoms with Crippen molar-refractivity contribution in [1.29, 1.82) is 0 Å². The van der Waals surface area contributed by atoms with Crippen LogP contribution in [-0.2, 0) is 20.7 Å². The van der Waals surface area contributed by atoms with Gasteiger partial charge in [0.05, 0.1) is 12.0 Å². The molecule has 2 atom stereocenters. The summed E-state index contributed by atoms with van der Waals surface area (Å²) in [6.07, 6.45) is 9.55. The molecule has 3 aliphatic rings. The first kappa shape index (κ1) is 18.9. The molecule has 154 valence electrons. The number of aromatic nitrogens is 1. The quantitative estimate of drug-likeness (QED) is 0.633. The van der Waals surface area contributed by atoms with Crippen LogP contribution in [0.4, 0.5) is 0 Å². The molecule has 0 radical (unpaired) electrons. The van der Waals surface area contributed by atoms with Crippen molar-refractivity contribution < 1.29 is 14.3 Å². The lowest BCUT2D eigenvalue weighted by atomic mass is 9.77. The first-order valence-electron chi connectivity index (χ1n) is 10.8. The lowest BCUT2D eigenvalue weighted by molar-refractivity contribution is -0.149. The normalized spacial score (nSPS) is 29.4. The van der Waals surface area contributed by atoms with Gasteiger partial charge in [0, 0.05) is 42.7 Å². The number of benzene rings is 1. The van der Waals surface area contributed by atoms with Crippen LogP contribution in [0.3, 0.4) is 0 Å². The smallest absolute Gasteiger partial charge is 0.309 e. The molecule has 1 saturated carbocycles. The Bertz CT molecular complexity index is 939. The first-order chi connectivity index (χ1) is 14.1. The number of likely N-dealkylation sites (N-methyl/N-ethyl adjacent to an activating group) is 1. The van der Waals surface area contributed by atoms with Crippen molar-refractivity contribution in [1.82, 2.24) is 9.88 Å². The molecule has 1 aromatic carbocycles. The molecule has 2 aliphatic carbocycles. The van der Waals surface area contributed by atoms with Crippen LogP contribution in [0.25, 0.3) is 10.9 Å². The molecule has 0 unspecified atom stereocenters. The highest BCUT2D eigenvalue weighted by Gasteiger charge is 2.36. The third-order valence-electron chi connectivity index (χ3n) is 7.20. The number of hydrogen-bond acceptors (Lipinski definition) is 4. The highest BCUT2D eigenvalue weighted by Crippen LogP contribution is 2.41. The van der Waals surface area contributed by atoms with Crippen LogP contribution in [-0.4, -0.2) is 55.3 Å². The maximum Gasteiger partial charge on any atom is 0.309 e. The summed E-state index contributed by atoms with van der Waals surface area (Å²) in [5.41, 5.74) is 5.24. The first-order valence-corrected chi connectivity index (χ1v) is 10.8. The standard InChI is InChI=1S/C24H30N2O3/c1-26-13-15(14-29-24(27)16-6-8-18(28-2)9-7-16)10-20-19-4-3-5-21-23(19)17(12-25-21)11-22(20)26/h3-5,10,12,16,18,20,22,25H,6-9,11,13-14H2,1-2H3/t16?,18?,20-,22-/m1/s1. The molecule has 5 heteroatoms. The molecule has 0 amide bonds. The number of carbonyl (C=O) groups excluding carboxylic acids is 1. The highest BCUT2D eigenvalue weighted by atomic mass is 16.5. The van der Waals surface area contributed by atoms with Crippen LogP contribution < -0.4 is 0 Å². The van der Waals surface area contributed by atoms with Crippen LogP contribution in [0, 0.1) is 5.92 Å². The van der Waals surface area contributed by atoms with Gasteiger partial charge in [-0.2, -0.15) is 0 Å². The fourth-order valence-electron chi connectivity index (χ4n) is 5.57. The van der Waals surface area contributed by atoms with Crippen molar-refractivity contribution in [3.8, 4) is 0 Å². The van der Waals surface area contributed by atoms with Crippen molar-refractivity contribution in [2.24, 2.45) is 5.92 Å². The zero-order chi connectivity index (χ0) is 20.0. The Labute approximate surface area is 172 Å². The van der Waals surface area contributed by atoms with Gasteiger partial charge in [0.1, 0.15) is 6.61 Å². The second-order valence-electron chi connectivity index (χ2n) is 8.94. The van der Waals surface area contributed by atoms with Crippen LogP contribution in [0.1, 0.15) is 42.7 Å². The molecular weight excluding hydrogens is 364 g/mol. The fraction of sp³-hybridized carbons (Fsp3) is 0.542. The van der Waals surface area contributed by atoms with E-state index in [1.807, 2.05) is 0 Å². The van der Waals surface area contributed by atoms with Gasteiger partial charge < -0.3 is 14.5 Å². The fourth-order valence-corrected chi connectivity index (χ4v) is 5.57. The van der Waals surface area contributed by atoms with Crippen LogP contribution in [0.2, 0.25) is 0 Å². The Morgan fingerprint density at radius 3 is 2.86 bits per heavy atom. The summed E-state index contributed by atoms with van der Waals surface area (Å²) in [5, 5.41) is 1.38. The number of aromatic amines is 1. The Morgan fingerprint density at radius 1 is 1.24 bits per heavy atom. The average Bonchev–Trinajstić information content (AvgIpc) is 3.17. The summed E-state index contributed by atoms with van der Waals surface area (Å²) >= 11 is 0. The molecule has 1 N–H and O–H groups in total. The molecule has 2 heterocycles. The molecule has 0 spiro atoms. The van der Waals surface area contributed by atoms with Gasteiger partial charge in [0.2, 0.25) is 0 Å². The molecule has 2 aromatic rings. The summed E-state index contributed by atoms with van der Waals surface area (Å²) in [4.78, 5) is 18.4. The van der Waals surface area contributed by atoms with Gasteiger partial charge in [-0.1, -0.05) is 18.2 Å². The van der Waals surface area contributed by atoms with Gasteiger partial charge in [-0.25, -0.2) is 0 Å². The number of H-pyrrole nitrogens is 1. The maximum atomic E-state index is 12.6. The number of fused-ring (bicyclic) bond motifs is 2. The zero-order valence-corrected chi connectivity index (χ0v) is 17.3. The molecule has 1 fully saturated rings. The Kier molecular flexibility index (Phi) is 4.96. The van der Waals surface area contributed by atoms with Crippen molar-refractivity contribution in [3.05, 3.63) is 47.2 Å². The van der Waals surface area contributed by atoms with Gasteiger partial charge in [0.25, 0.3) is 0 Å². The second kappa shape index (κ2) is 7.62. The van der Waals surface area contributed by atoms with E-state index in [1.165, 1.54) is 27.6 Å². The molecule has 5 nitrogen and oxygen atoms in total. The zero-order valence-electron chi connectivity index (χ0n) is 17.3. The molecule has 0 saturated heterocycles. The van der Waals surface area contributed by atoms with E-state index in [0.29, 0.717) is 24.7 Å². The number of methoxy groups -OCH3 is 1. The van der Waals surface area contributed by atoms with E-state index in [1.54, 1.807) is 7.11 Å². The summed E-state index contributed by atoms with van der Waals surface area (Å²) in [6, 6.07) is 7.01. The SMILES string of the molecule is COC1CCC(C(=O)OCC2=C[C@@H]3c4cccc5[nH]cc(c45)C[C@H]3N(C)C2)CC1. The van der Waals surface area contributed by atoms with Gasteiger partial charge in [-0.05, 0) is 61.9 Å². The average molecular weight is 395 g/mol. The molecular formula is C24H30N2O3. The van der Waals surface area contributed by atoms with E-state index in [0.717, 1.165) is 38.6 Å². The minimum Gasteiger partial charge on any atom is -0.461 e. The number of esters is 1. The molecule has 1 aliphatic heterocycles. The third-order valence-corrected chi connectivity index (χ3v) is 7.20. The molecule has 1 aromatic heterocycles. The van der Waals surface area contributed by atoms with E-state index in [2.05, 4.69) is 47.4 Å². The Hall–Kier alpha value is -2.11. The van der Waals surface area contributed by atoms with Crippen LogP contribution in [0.5, 0.6) is 0 Å². The third kappa shape index (κ3) is 3.40. The number of rotatable bonds is 4. The summed E-state index contributed by atoms with van der Waals surface area (Å²) < 4.78 is 11.2. The van der Waals surface area contributed by atoms with Crippen molar-refractivity contribution in [2.75, 3.05) is 27.3 Å². The Balaban J connectivity index is 1.30. The predicted molar refractivity (Wildman–Crippen MR) is 113 cm³/mol. The van der Waals surface area contributed by atoms with E-state index in [-0.39, 0.29) is 11.9 Å². The number of nitrogens with zero attached hydrogens (tertiary/aromatic N) is 1. The second-order valence-corrected chi connectivity index (χ2v) is 8.94. The number of hydrogen-bond donors (Lipinski definition) is 1. The van der Waals surface area contributed by atoms with E-state index < -0.39 is 0 Å². The molecule has 5 rings (SSSR count). The monoisotopic (exact) mass is 394 g/mol. The largest absolute Gasteiger partial charge is 0.461 e. The van der Waals surface area contributed by atoms with Gasteiger partial charge in [0.15, 0.2) is 0 Å². The molecule has 29 heavy (non-hydrogen) atoms. The number of carbonyl (C=O) groups is 1. The lowest BCUT2D eigenvalue weighted by Crippen LogP contribution is -2.44. The van der Waals surface area contributed by atoms with Crippen molar-refractivity contribution >= 4 is 16.9 Å². The van der Waals surface area contributed by atoms with E-state index in [9.17, 15) is 4.79 Å². The molecule has 0 bridgehead atoms. The van der Waals surface area contributed by atoms with Gasteiger partial charge >= 0.3 is 5.97 Å². The highest BCUT2D eigenvalue weighted by molar-refractivity contribution is 5.88. The van der Waals surface area contributed by atoms with Gasteiger partial charge in [-0.15, -0.1) is 0 Å². The predicted octanol–water partition coefficient (Wildman–Crippen LogP) is 3.80. The summed E-state index contributed by atoms with van der Waals surface area (Å²) in [6.45, 7) is 1.27. The van der Waals surface area contributed by atoms with Crippen molar-refractivity contribution in [3.63, 3.8) is 0 Å². The summed E-state index contributed by atoms with van der Waals surface area (Å²) in [7, 11) is 3.95. The minimum atomic E-state index is -0.0381. The minimum absolute atomic E-state index is 0.0295. The summed E-state index contributed by atoms with van der Waals surface area (Å²) in [5.74, 6) is 0.345. The van der Waals surface area contributed by atoms with Crippen LogP contribution >= 0.6 is 0 Å². The number of nitrogens with one attached hydrogen (secondary N) is 1. The number of ether oxygens (including phenoxy) is 2. The Morgan fingerprint density at radius 2 is 2.07 bits per heavy atom. The lowest BCUT2D eigenvalue weighted by Gasteiger charge is -2.41. The van der Waals surface area contributed by atoms with Crippen LogP contribution in [0.15, 0.2) is 36.0 Å². The van der Waals surface area contributed by atoms with Crippen molar-refractivity contribution in [2.45, 2.75) is 50.2 Å². The maximum absolute atomic E-state index is 12.6.